The third kappa shape index (κ3) is 37.9. The second-order valence-electron chi connectivity index (χ2n) is 15.0. The van der Waals surface area contributed by atoms with Crippen LogP contribution in [-0.2, 0) is 4.79 Å². The molecule has 0 aliphatic heterocycles. The zero-order valence-electron chi connectivity index (χ0n) is 33.7. The van der Waals surface area contributed by atoms with Crippen LogP contribution in [0, 0.1) is 0 Å². The largest absolute Gasteiger partial charge is 0.394 e. The van der Waals surface area contributed by atoms with Crippen molar-refractivity contribution in [3.05, 3.63) is 48.6 Å². The average molecular weight is 716 g/mol. The molecule has 0 aromatic carbocycles. The van der Waals surface area contributed by atoms with Gasteiger partial charge in [0, 0.05) is 0 Å². The number of unbranched alkanes of at least 4 members (excludes halogenated alkanes) is 25. The number of carbonyl (C=O) groups excluding carboxylic acids is 1. The van der Waals surface area contributed by atoms with E-state index in [1.54, 1.807) is 6.08 Å². The highest BCUT2D eigenvalue weighted by Crippen LogP contribution is 2.15. The zero-order chi connectivity index (χ0) is 37.3. The molecule has 298 valence electrons. The molecule has 51 heavy (non-hydrogen) atoms. The topological polar surface area (TPSA) is 89.8 Å². The first-order chi connectivity index (χ1) is 25.0. The fourth-order valence-electron chi connectivity index (χ4n) is 6.46. The summed E-state index contributed by atoms with van der Waals surface area (Å²) in [4.78, 5) is 12.4. The zero-order valence-corrected chi connectivity index (χ0v) is 33.7. The number of amides is 1. The Morgan fingerprint density at radius 1 is 0.510 bits per heavy atom. The van der Waals surface area contributed by atoms with Gasteiger partial charge in [-0.3, -0.25) is 4.79 Å². The Morgan fingerprint density at radius 3 is 1.41 bits per heavy atom. The minimum absolute atomic E-state index is 0.0000775. The fraction of sp³-hybridized carbons (Fsp3) is 0.804. The summed E-state index contributed by atoms with van der Waals surface area (Å²) in [6, 6.07) is -0.764. The maximum atomic E-state index is 12.4. The molecule has 0 fully saturated rings. The van der Waals surface area contributed by atoms with E-state index in [1.165, 1.54) is 148 Å². The van der Waals surface area contributed by atoms with Crippen LogP contribution in [0.25, 0.3) is 0 Å². The van der Waals surface area contributed by atoms with E-state index in [2.05, 4.69) is 55.6 Å². The standard InChI is InChI=1S/C46H85NO4/c1-3-5-7-9-11-13-15-17-19-21-22-24-26-28-30-32-34-36-38-40-45(50)44(42-48)47-46(51)41-43(49)39-37-35-33-31-29-27-25-23-20-18-16-14-12-10-8-6-4-2/h12,14,16,18,30,32,38,40,43-45,48-50H,3-11,13,15,17,19-29,31,33-37,39,41-42H2,1-2H3,(H,47,51)/b14-12-,18-16-,32-30+,40-38+. The second kappa shape index (κ2) is 41.1. The van der Waals surface area contributed by atoms with Crippen LogP contribution in [0.1, 0.15) is 213 Å². The van der Waals surface area contributed by atoms with Crippen molar-refractivity contribution in [1.29, 1.82) is 0 Å². The molecular weight excluding hydrogens is 631 g/mol. The molecule has 3 atom stereocenters. The maximum Gasteiger partial charge on any atom is 0.222 e. The first-order valence-electron chi connectivity index (χ1n) is 21.9. The molecule has 0 aromatic rings. The molecule has 0 radical (unpaired) electrons. The molecule has 0 bridgehead atoms. The molecule has 5 heteroatoms. The number of hydrogen-bond acceptors (Lipinski definition) is 4. The van der Waals surface area contributed by atoms with Crippen molar-refractivity contribution in [1.82, 2.24) is 5.32 Å². The summed E-state index contributed by atoms with van der Waals surface area (Å²) in [5.41, 5.74) is 0. The van der Waals surface area contributed by atoms with Crippen molar-refractivity contribution in [3.63, 3.8) is 0 Å². The summed E-state index contributed by atoms with van der Waals surface area (Å²) >= 11 is 0. The van der Waals surface area contributed by atoms with Gasteiger partial charge in [-0.25, -0.2) is 0 Å². The summed E-state index contributed by atoms with van der Waals surface area (Å²) < 4.78 is 0. The first-order valence-corrected chi connectivity index (χ1v) is 21.9. The molecule has 0 aliphatic carbocycles. The van der Waals surface area contributed by atoms with Crippen LogP contribution in [-0.4, -0.2) is 46.1 Å². The molecule has 0 rings (SSSR count). The van der Waals surface area contributed by atoms with Crippen molar-refractivity contribution < 1.29 is 20.1 Å². The smallest absolute Gasteiger partial charge is 0.222 e. The third-order valence-electron chi connectivity index (χ3n) is 9.87. The van der Waals surface area contributed by atoms with E-state index in [0.717, 1.165) is 38.5 Å². The van der Waals surface area contributed by atoms with Gasteiger partial charge in [0.15, 0.2) is 0 Å². The van der Waals surface area contributed by atoms with E-state index in [4.69, 9.17) is 0 Å². The van der Waals surface area contributed by atoms with Crippen LogP contribution >= 0.6 is 0 Å². The Hall–Kier alpha value is -1.69. The van der Waals surface area contributed by atoms with E-state index in [0.29, 0.717) is 6.42 Å². The molecule has 0 saturated heterocycles. The fourth-order valence-corrected chi connectivity index (χ4v) is 6.46. The minimum atomic E-state index is -0.954. The van der Waals surface area contributed by atoms with Crippen molar-refractivity contribution in [2.24, 2.45) is 0 Å². The van der Waals surface area contributed by atoms with Gasteiger partial charge < -0.3 is 20.6 Å². The van der Waals surface area contributed by atoms with Crippen LogP contribution in [0.4, 0.5) is 0 Å². The Morgan fingerprint density at radius 2 is 0.902 bits per heavy atom. The van der Waals surface area contributed by atoms with E-state index < -0.39 is 18.2 Å². The minimum Gasteiger partial charge on any atom is -0.394 e. The summed E-state index contributed by atoms with van der Waals surface area (Å²) in [6.07, 6.45) is 52.5. The average Bonchev–Trinajstić information content (AvgIpc) is 3.12. The third-order valence-corrected chi connectivity index (χ3v) is 9.87. The molecule has 3 unspecified atom stereocenters. The van der Waals surface area contributed by atoms with Gasteiger partial charge in [-0.2, -0.15) is 0 Å². The lowest BCUT2D eigenvalue weighted by Gasteiger charge is -2.21. The normalized spacial score (nSPS) is 14.1. The lowest BCUT2D eigenvalue weighted by molar-refractivity contribution is -0.124. The number of rotatable bonds is 39. The second-order valence-corrected chi connectivity index (χ2v) is 15.0. The quantitative estimate of drug-likeness (QED) is 0.0290. The van der Waals surface area contributed by atoms with Crippen LogP contribution in [0.15, 0.2) is 48.6 Å². The van der Waals surface area contributed by atoms with Gasteiger partial charge in [-0.1, -0.05) is 197 Å². The Labute approximate surface area is 316 Å². The number of allylic oxidation sites excluding steroid dienone is 7. The molecule has 0 spiro atoms. The van der Waals surface area contributed by atoms with E-state index in [1.807, 2.05) is 6.08 Å². The number of aliphatic hydroxyl groups excluding tert-OH is 3. The number of aliphatic hydroxyl groups is 3. The number of hydrogen-bond donors (Lipinski definition) is 4. The van der Waals surface area contributed by atoms with Gasteiger partial charge in [0.05, 0.1) is 31.3 Å². The van der Waals surface area contributed by atoms with Gasteiger partial charge in [-0.05, 0) is 57.8 Å². The van der Waals surface area contributed by atoms with E-state index in [-0.39, 0.29) is 18.9 Å². The highest BCUT2D eigenvalue weighted by molar-refractivity contribution is 5.76. The van der Waals surface area contributed by atoms with Gasteiger partial charge in [0.1, 0.15) is 0 Å². The number of nitrogens with one attached hydrogen (secondary N) is 1. The van der Waals surface area contributed by atoms with Crippen molar-refractivity contribution in [3.8, 4) is 0 Å². The maximum absolute atomic E-state index is 12.4. The van der Waals surface area contributed by atoms with E-state index in [9.17, 15) is 20.1 Å². The summed E-state index contributed by atoms with van der Waals surface area (Å²) in [5.74, 6) is -0.331. The van der Waals surface area contributed by atoms with Crippen LogP contribution < -0.4 is 5.32 Å². The van der Waals surface area contributed by atoms with Crippen LogP contribution in [0.3, 0.4) is 0 Å². The molecule has 0 aliphatic rings. The van der Waals surface area contributed by atoms with Gasteiger partial charge in [0.2, 0.25) is 5.91 Å². The predicted molar refractivity (Wildman–Crippen MR) is 222 cm³/mol. The SMILES string of the molecule is CCCCC/C=C\C=C/CCCCCCCCCCC(O)CC(=O)NC(CO)C(O)/C=C/CC/C=C/CCCCCCCCCCCCCCC. The van der Waals surface area contributed by atoms with E-state index >= 15 is 0 Å². The van der Waals surface area contributed by atoms with Gasteiger partial charge >= 0.3 is 0 Å². The van der Waals surface area contributed by atoms with Crippen molar-refractivity contribution in [2.75, 3.05) is 6.61 Å². The van der Waals surface area contributed by atoms with Gasteiger partial charge in [0.25, 0.3) is 0 Å². The van der Waals surface area contributed by atoms with Crippen LogP contribution in [0.5, 0.6) is 0 Å². The van der Waals surface area contributed by atoms with Crippen molar-refractivity contribution in [2.45, 2.75) is 231 Å². The highest BCUT2D eigenvalue weighted by Gasteiger charge is 2.20. The summed E-state index contributed by atoms with van der Waals surface area (Å²) in [5, 5.41) is 33.2. The summed E-state index contributed by atoms with van der Waals surface area (Å²) in [6.45, 7) is 4.17. The Balaban J connectivity index is 3.73. The Kier molecular flexibility index (Phi) is 39.7. The lowest BCUT2D eigenvalue weighted by atomic mass is 10.0. The Bertz CT molecular complexity index is 835. The van der Waals surface area contributed by atoms with Crippen LogP contribution in [0.2, 0.25) is 0 Å². The monoisotopic (exact) mass is 716 g/mol. The molecule has 0 saturated carbocycles. The highest BCUT2D eigenvalue weighted by atomic mass is 16.3. The first kappa shape index (κ1) is 49.3. The summed E-state index contributed by atoms with van der Waals surface area (Å²) in [7, 11) is 0. The molecular formula is C46H85NO4. The molecule has 4 N–H and O–H groups in total. The van der Waals surface area contributed by atoms with Crippen molar-refractivity contribution >= 4 is 5.91 Å². The predicted octanol–water partition coefficient (Wildman–Crippen LogP) is 12.5. The molecule has 0 aromatic heterocycles. The molecule has 0 heterocycles. The number of carbonyl (C=O) groups is 1. The molecule has 5 nitrogen and oxygen atoms in total. The molecule has 1 amide bonds. The lowest BCUT2D eigenvalue weighted by Crippen LogP contribution is -2.45. The van der Waals surface area contributed by atoms with Gasteiger partial charge in [-0.15, -0.1) is 0 Å².